The van der Waals surface area contributed by atoms with Crippen LogP contribution < -0.4 is 5.32 Å². The SMILES string of the molecule is CCOC(=O)C1(NCCCN=[N+]=[N-])CC(C)CCC1C. The Morgan fingerprint density at radius 1 is 1.50 bits per heavy atom. The molecule has 0 aromatic heterocycles. The molecule has 3 unspecified atom stereocenters. The number of carbonyl (C=O) groups excluding carboxylic acids is 1. The number of carbonyl (C=O) groups is 1. The summed E-state index contributed by atoms with van der Waals surface area (Å²) in [5, 5.41) is 6.92. The number of esters is 1. The molecule has 0 saturated heterocycles. The van der Waals surface area contributed by atoms with Gasteiger partial charge in [0.2, 0.25) is 0 Å². The zero-order valence-corrected chi connectivity index (χ0v) is 12.8. The maximum Gasteiger partial charge on any atom is 0.326 e. The van der Waals surface area contributed by atoms with E-state index in [2.05, 4.69) is 29.2 Å². The van der Waals surface area contributed by atoms with E-state index in [0.717, 1.165) is 25.7 Å². The predicted octanol–water partition coefficient (Wildman–Crippen LogP) is 3.03. The number of ether oxygens (including phenoxy) is 1. The van der Waals surface area contributed by atoms with Gasteiger partial charge in [-0.15, -0.1) is 0 Å². The molecule has 0 heterocycles. The average molecular weight is 282 g/mol. The van der Waals surface area contributed by atoms with Crippen molar-refractivity contribution in [1.29, 1.82) is 0 Å². The molecule has 0 aromatic carbocycles. The molecule has 0 bridgehead atoms. The molecule has 1 saturated carbocycles. The molecular weight excluding hydrogens is 256 g/mol. The highest BCUT2D eigenvalue weighted by Gasteiger charge is 2.47. The fraction of sp³-hybridized carbons (Fsp3) is 0.929. The highest BCUT2D eigenvalue weighted by atomic mass is 16.5. The highest BCUT2D eigenvalue weighted by Crippen LogP contribution is 2.37. The molecule has 1 aliphatic rings. The summed E-state index contributed by atoms with van der Waals surface area (Å²) >= 11 is 0. The Morgan fingerprint density at radius 3 is 2.90 bits per heavy atom. The fourth-order valence-corrected chi connectivity index (χ4v) is 3.00. The molecular formula is C14H26N4O2. The smallest absolute Gasteiger partial charge is 0.326 e. The molecule has 0 spiro atoms. The van der Waals surface area contributed by atoms with E-state index < -0.39 is 5.54 Å². The first-order chi connectivity index (χ1) is 9.56. The Kier molecular flexibility index (Phi) is 6.82. The minimum absolute atomic E-state index is 0.136. The molecule has 0 radical (unpaired) electrons. The maximum absolute atomic E-state index is 12.4. The standard InChI is InChI=1S/C14H26N4O2/c1-4-20-13(19)14(16-8-5-9-17-18-15)10-11(2)6-7-12(14)3/h11-12,16H,4-10H2,1-3H3. The van der Waals surface area contributed by atoms with Crippen LogP contribution in [-0.2, 0) is 9.53 Å². The Labute approximate surface area is 120 Å². The van der Waals surface area contributed by atoms with Crippen molar-refractivity contribution in [3.63, 3.8) is 0 Å². The van der Waals surface area contributed by atoms with Crippen LogP contribution in [0.1, 0.15) is 46.5 Å². The largest absolute Gasteiger partial charge is 0.465 e. The summed E-state index contributed by atoms with van der Waals surface area (Å²) in [6, 6.07) is 0. The maximum atomic E-state index is 12.4. The quantitative estimate of drug-likeness (QED) is 0.256. The molecule has 0 aromatic rings. The minimum atomic E-state index is -0.579. The van der Waals surface area contributed by atoms with Crippen molar-refractivity contribution in [3.8, 4) is 0 Å². The summed E-state index contributed by atoms with van der Waals surface area (Å²) in [5.41, 5.74) is 7.68. The summed E-state index contributed by atoms with van der Waals surface area (Å²) in [4.78, 5) is 15.2. The molecule has 1 N–H and O–H groups in total. The third-order valence-corrected chi connectivity index (χ3v) is 4.18. The van der Waals surface area contributed by atoms with Gasteiger partial charge >= 0.3 is 5.97 Å². The number of nitrogens with zero attached hydrogens (tertiary/aromatic N) is 3. The highest BCUT2D eigenvalue weighted by molar-refractivity contribution is 5.81. The van der Waals surface area contributed by atoms with Crippen LogP contribution in [0.25, 0.3) is 10.4 Å². The minimum Gasteiger partial charge on any atom is -0.465 e. The average Bonchev–Trinajstić information content (AvgIpc) is 2.42. The van der Waals surface area contributed by atoms with Gasteiger partial charge in [0.15, 0.2) is 0 Å². The van der Waals surface area contributed by atoms with E-state index in [4.69, 9.17) is 10.3 Å². The Morgan fingerprint density at radius 2 is 2.25 bits per heavy atom. The fourth-order valence-electron chi connectivity index (χ4n) is 3.00. The van der Waals surface area contributed by atoms with Gasteiger partial charge in [0.25, 0.3) is 0 Å². The van der Waals surface area contributed by atoms with Gasteiger partial charge in [-0.3, -0.25) is 4.79 Å². The number of azide groups is 1. The van der Waals surface area contributed by atoms with Gasteiger partial charge in [-0.1, -0.05) is 25.4 Å². The second-order valence-electron chi connectivity index (χ2n) is 5.71. The zero-order chi connectivity index (χ0) is 15.0. The van der Waals surface area contributed by atoms with Gasteiger partial charge in [-0.2, -0.15) is 0 Å². The summed E-state index contributed by atoms with van der Waals surface area (Å²) in [5.74, 6) is 0.639. The van der Waals surface area contributed by atoms with Crippen LogP contribution in [0.5, 0.6) is 0 Å². The lowest BCUT2D eigenvalue weighted by molar-refractivity contribution is -0.156. The molecule has 1 rings (SSSR count). The molecule has 1 fully saturated rings. The van der Waals surface area contributed by atoms with E-state index in [9.17, 15) is 4.79 Å². The van der Waals surface area contributed by atoms with E-state index in [1.54, 1.807) is 0 Å². The van der Waals surface area contributed by atoms with Crippen molar-refractivity contribution in [2.45, 2.75) is 52.0 Å². The lowest BCUT2D eigenvalue weighted by Crippen LogP contribution is -2.60. The summed E-state index contributed by atoms with van der Waals surface area (Å²) < 4.78 is 5.30. The van der Waals surface area contributed by atoms with E-state index >= 15 is 0 Å². The van der Waals surface area contributed by atoms with Gasteiger partial charge in [0.05, 0.1) is 6.61 Å². The van der Waals surface area contributed by atoms with Crippen LogP contribution >= 0.6 is 0 Å². The van der Waals surface area contributed by atoms with Gasteiger partial charge in [0, 0.05) is 11.5 Å². The van der Waals surface area contributed by atoms with Gasteiger partial charge in [-0.25, -0.2) is 0 Å². The molecule has 1 aliphatic carbocycles. The Bertz CT molecular complexity index is 368. The van der Waals surface area contributed by atoms with Crippen molar-refractivity contribution < 1.29 is 9.53 Å². The van der Waals surface area contributed by atoms with Gasteiger partial charge in [0.1, 0.15) is 5.54 Å². The Hall–Kier alpha value is -1.26. The summed E-state index contributed by atoms with van der Waals surface area (Å²) in [6.07, 6.45) is 3.73. The van der Waals surface area contributed by atoms with Crippen molar-refractivity contribution in [2.75, 3.05) is 19.7 Å². The van der Waals surface area contributed by atoms with Crippen LogP contribution in [0.4, 0.5) is 0 Å². The zero-order valence-electron chi connectivity index (χ0n) is 12.8. The van der Waals surface area contributed by atoms with Crippen LogP contribution in [0.15, 0.2) is 5.11 Å². The van der Waals surface area contributed by atoms with E-state index in [1.807, 2.05) is 6.92 Å². The second kappa shape index (κ2) is 8.12. The van der Waals surface area contributed by atoms with Crippen LogP contribution in [-0.4, -0.2) is 31.2 Å². The van der Waals surface area contributed by atoms with Gasteiger partial charge < -0.3 is 10.1 Å². The lowest BCUT2D eigenvalue weighted by Gasteiger charge is -2.43. The first-order valence-electron chi connectivity index (χ1n) is 7.50. The first-order valence-corrected chi connectivity index (χ1v) is 7.50. The van der Waals surface area contributed by atoms with E-state index in [0.29, 0.717) is 25.6 Å². The number of rotatable bonds is 7. The first kappa shape index (κ1) is 16.8. The predicted molar refractivity (Wildman–Crippen MR) is 78.2 cm³/mol. The second-order valence-corrected chi connectivity index (χ2v) is 5.71. The van der Waals surface area contributed by atoms with Crippen molar-refractivity contribution >= 4 is 5.97 Å². The normalized spacial score (nSPS) is 29.6. The third-order valence-electron chi connectivity index (χ3n) is 4.18. The topological polar surface area (TPSA) is 87.1 Å². The monoisotopic (exact) mass is 282 g/mol. The van der Waals surface area contributed by atoms with E-state index in [1.165, 1.54) is 0 Å². The lowest BCUT2D eigenvalue weighted by atomic mass is 9.69. The third kappa shape index (κ3) is 4.12. The molecule has 20 heavy (non-hydrogen) atoms. The van der Waals surface area contributed by atoms with Crippen LogP contribution in [0.2, 0.25) is 0 Å². The van der Waals surface area contributed by atoms with Gasteiger partial charge in [-0.05, 0) is 50.1 Å². The Balaban J connectivity index is 2.72. The van der Waals surface area contributed by atoms with Crippen molar-refractivity contribution in [2.24, 2.45) is 17.0 Å². The molecule has 0 aliphatic heterocycles. The van der Waals surface area contributed by atoms with Crippen LogP contribution in [0.3, 0.4) is 0 Å². The molecule has 6 heteroatoms. The van der Waals surface area contributed by atoms with Crippen molar-refractivity contribution in [1.82, 2.24) is 5.32 Å². The summed E-state index contributed by atoms with van der Waals surface area (Å²) in [7, 11) is 0. The number of nitrogens with one attached hydrogen (secondary N) is 1. The molecule has 6 nitrogen and oxygen atoms in total. The van der Waals surface area contributed by atoms with Crippen molar-refractivity contribution in [3.05, 3.63) is 10.4 Å². The molecule has 0 amide bonds. The number of hydrogen-bond acceptors (Lipinski definition) is 4. The van der Waals surface area contributed by atoms with E-state index in [-0.39, 0.29) is 11.9 Å². The molecule has 3 atom stereocenters. The summed E-state index contributed by atoms with van der Waals surface area (Å²) in [6.45, 7) is 7.65. The number of hydrogen-bond donors (Lipinski definition) is 1. The van der Waals surface area contributed by atoms with Crippen LogP contribution in [0, 0.1) is 11.8 Å². The molecule has 114 valence electrons.